The lowest BCUT2D eigenvalue weighted by molar-refractivity contribution is 0.0691. The van der Waals surface area contributed by atoms with E-state index in [9.17, 15) is 4.79 Å². The molecule has 1 aromatic carbocycles. The third kappa shape index (κ3) is 1.18. The van der Waals surface area contributed by atoms with Crippen molar-refractivity contribution in [3.05, 3.63) is 35.0 Å². The van der Waals surface area contributed by atoms with E-state index in [0.29, 0.717) is 0 Å². The molecule has 2 rings (SSSR count). The Balaban J connectivity index is 2.77. The van der Waals surface area contributed by atoms with Crippen molar-refractivity contribution in [1.82, 2.24) is 4.98 Å². The van der Waals surface area contributed by atoms with Gasteiger partial charge in [-0.3, -0.25) is 0 Å². The smallest absolute Gasteiger partial charge is 0.352 e. The second kappa shape index (κ2) is 2.87. The highest BCUT2D eigenvalue weighted by Gasteiger charge is 2.09. The van der Waals surface area contributed by atoms with Crippen molar-refractivity contribution in [3.8, 4) is 0 Å². The largest absolute Gasteiger partial charge is 0.477 e. The van der Waals surface area contributed by atoms with Crippen LogP contribution >= 0.6 is 0 Å². The van der Waals surface area contributed by atoms with Gasteiger partial charge in [-0.15, -0.1) is 0 Å². The van der Waals surface area contributed by atoms with Gasteiger partial charge in [0.2, 0.25) is 0 Å². The molecule has 3 nitrogen and oxygen atoms in total. The highest BCUT2D eigenvalue weighted by atomic mass is 16.4. The van der Waals surface area contributed by atoms with Gasteiger partial charge in [-0.1, -0.05) is 12.1 Å². The van der Waals surface area contributed by atoms with Crippen LogP contribution in [-0.4, -0.2) is 16.1 Å². The molecule has 0 unspecified atom stereocenters. The zero-order valence-corrected chi connectivity index (χ0v) is 8.09. The Morgan fingerprint density at radius 3 is 2.71 bits per heavy atom. The van der Waals surface area contributed by atoms with Gasteiger partial charge in [0.1, 0.15) is 5.69 Å². The number of carbonyl (C=O) groups is 1. The highest BCUT2D eigenvalue weighted by molar-refractivity contribution is 5.95. The third-order valence-corrected chi connectivity index (χ3v) is 2.56. The Bertz CT molecular complexity index is 511. The third-order valence-electron chi connectivity index (χ3n) is 2.56. The molecule has 0 fully saturated rings. The minimum Gasteiger partial charge on any atom is -0.477 e. The van der Waals surface area contributed by atoms with Crippen LogP contribution in [0, 0.1) is 13.8 Å². The SMILES string of the molecule is Cc1ccc2cc(C(=O)O)[nH]c2c1C. The van der Waals surface area contributed by atoms with Gasteiger partial charge in [-0.2, -0.15) is 0 Å². The van der Waals surface area contributed by atoms with Gasteiger partial charge in [0.05, 0.1) is 0 Å². The fourth-order valence-corrected chi connectivity index (χ4v) is 1.56. The number of aromatic amines is 1. The minimum absolute atomic E-state index is 0.244. The molecular formula is C11H11NO2. The predicted molar refractivity (Wildman–Crippen MR) is 54.7 cm³/mol. The maximum Gasteiger partial charge on any atom is 0.352 e. The Morgan fingerprint density at radius 1 is 1.36 bits per heavy atom. The molecule has 2 aromatic rings. The molecule has 0 saturated carbocycles. The fourth-order valence-electron chi connectivity index (χ4n) is 1.56. The summed E-state index contributed by atoms with van der Waals surface area (Å²) in [5.74, 6) is -0.918. The van der Waals surface area contributed by atoms with Gasteiger partial charge in [0.15, 0.2) is 0 Å². The molecule has 0 spiro atoms. The summed E-state index contributed by atoms with van der Waals surface area (Å²) in [5.41, 5.74) is 3.43. The van der Waals surface area contributed by atoms with Crippen LogP contribution in [0.5, 0.6) is 0 Å². The van der Waals surface area contributed by atoms with Crippen LogP contribution in [0.4, 0.5) is 0 Å². The van der Waals surface area contributed by atoms with E-state index in [1.165, 1.54) is 0 Å². The number of benzene rings is 1. The number of H-pyrrole nitrogens is 1. The number of hydrogen-bond donors (Lipinski definition) is 2. The van der Waals surface area contributed by atoms with Gasteiger partial charge in [-0.25, -0.2) is 4.79 Å². The number of rotatable bonds is 1. The van der Waals surface area contributed by atoms with Crippen LogP contribution in [0.1, 0.15) is 21.6 Å². The van der Waals surface area contributed by atoms with Gasteiger partial charge in [0, 0.05) is 10.9 Å². The van der Waals surface area contributed by atoms with Crippen LogP contribution in [0.25, 0.3) is 10.9 Å². The summed E-state index contributed by atoms with van der Waals surface area (Å²) in [4.78, 5) is 13.6. The zero-order chi connectivity index (χ0) is 10.3. The van der Waals surface area contributed by atoms with E-state index in [1.807, 2.05) is 26.0 Å². The van der Waals surface area contributed by atoms with Crippen LogP contribution in [0.3, 0.4) is 0 Å². The summed E-state index contributed by atoms with van der Waals surface area (Å²) in [6.45, 7) is 4.00. The van der Waals surface area contributed by atoms with E-state index in [4.69, 9.17) is 5.11 Å². The standard InChI is InChI=1S/C11H11NO2/c1-6-3-4-8-5-9(11(13)14)12-10(8)7(6)2/h3-5,12H,1-2H3,(H,13,14). The summed E-state index contributed by atoms with van der Waals surface area (Å²) in [6.07, 6.45) is 0. The molecule has 0 aliphatic heterocycles. The first kappa shape index (κ1) is 8.81. The molecule has 3 heteroatoms. The molecule has 1 aromatic heterocycles. The summed E-state index contributed by atoms with van der Waals surface area (Å²) in [7, 11) is 0. The van der Waals surface area contributed by atoms with Gasteiger partial charge in [0.25, 0.3) is 0 Å². The molecule has 2 N–H and O–H groups in total. The quantitative estimate of drug-likeness (QED) is 0.724. The molecule has 0 atom stereocenters. The van der Waals surface area contributed by atoms with E-state index >= 15 is 0 Å². The maximum absolute atomic E-state index is 10.7. The second-order valence-corrected chi connectivity index (χ2v) is 3.46. The lowest BCUT2D eigenvalue weighted by Gasteiger charge is -1.99. The Labute approximate surface area is 81.4 Å². The Morgan fingerprint density at radius 2 is 2.07 bits per heavy atom. The van der Waals surface area contributed by atoms with Crippen molar-refractivity contribution in [2.75, 3.05) is 0 Å². The number of nitrogens with one attached hydrogen (secondary N) is 1. The van der Waals surface area contributed by atoms with Gasteiger partial charge < -0.3 is 10.1 Å². The summed E-state index contributed by atoms with van der Waals surface area (Å²) in [5, 5.41) is 9.76. The molecule has 72 valence electrons. The number of aromatic nitrogens is 1. The monoisotopic (exact) mass is 189 g/mol. The van der Waals surface area contributed by atoms with Crippen molar-refractivity contribution in [3.63, 3.8) is 0 Å². The molecular weight excluding hydrogens is 178 g/mol. The van der Waals surface area contributed by atoms with Gasteiger partial charge >= 0.3 is 5.97 Å². The average molecular weight is 189 g/mol. The average Bonchev–Trinajstić information content (AvgIpc) is 2.56. The lowest BCUT2D eigenvalue weighted by atomic mass is 10.1. The molecule has 0 aliphatic carbocycles. The molecule has 0 amide bonds. The van der Waals surface area contributed by atoms with Crippen molar-refractivity contribution in [2.24, 2.45) is 0 Å². The van der Waals surface area contributed by atoms with Crippen molar-refractivity contribution in [1.29, 1.82) is 0 Å². The molecule has 0 bridgehead atoms. The van der Waals surface area contributed by atoms with Crippen LogP contribution in [0.15, 0.2) is 18.2 Å². The Hall–Kier alpha value is -1.77. The highest BCUT2D eigenvalue weighted by Crippen LogP contribution is 2.21. The van der Waals surface area contributed by atoms with Gasteiger partial charge in [-0.05, 0) is 31.0 Å². The van der Waals surface area contributed by atoms with E-state index in [-0.39, 0.29) is 5.69 Å². The number of carboxylic acids is 1. The number of aromatic carboxylic acids is 1. The number of hydrogen-bond acceptors (Lipinski definition) is 1. The van der Waals surface area contributed by atoms with E-state index < -0.39 is 5.97 Å². The first-order valence-corrected chi connectivity index (χ1v) is 4.42. The topological polar surface area (TPSA) is 53.1 Å². The number of fused-ring (bicyclic) bond motifs is 1. The van der Waals surface area contributed by atoms with E-state index in [1.54, 1.807) is 6.07 Å². The van der Waals surface area contributed by atoms with E-state index in [0.717, 1.165) is 22.0 Å². The maximum atomic E-state index is 10.7. The summed E-state index contributed by atoms with van der Waals surface area (Å²) >= 11 is 0. The van der Waals surface area contributed by atoms with Crippen LogP contribution in [-0.2, 0) is 0 Å². The Kier molecular flexibility index (Phi) is 1.81. The molecule has 14 heavy (non-hydrogen) atoms. The summed E-state index contributed by atoms with van der Waals surface area (Å²) < 4.78 is 0. The zero-order valence-electron chi connectivity index (χ0n) is 8.09. The molecule has 1 heterocycles. The second-order valence-electron chi connectivity index (χ2n) is 3.46. The number of carboxylic acid groups (broad SMARTS) is 1. The minimum atomic E-state index is -0.918. The van der Waals surface area contributed by atoms with Crippen molar-refractivity contribution >= 4 is 16.9 Å². The number of aryl methyl sites for hydroxylation is 2. The first-order valence-electron chi connectivity index (χ1n) is 4.42. The fraction of sp³-hybridized carbons (Fsp3) is 0.182. The molecule has 0 radical (unpaired) electrons. The normalized spacial score (nSPS) is 10.7. The molecule has 0 aliphatic rings. The summed E-state index contributed by atoms with van der Waals surface area (Å²) in [6, 6.07) is 5.59. The van der Waals surface area contributed by atoms with Crippen LogP contribution in [0.2, 0.25) is 0 Å². The van der Waals surface area contributed by atoms with Crippen LogP contribution < -0.4 is 0 Å². The first-order chi connectivity index (χ1) is 6.59. The molecule has 0 saturated heterocycles. The van der Waals surface area contributed by atoms with E-state index in [2.05, 4.69) is 4.98 Å². The predicted octanol–water partition coefficient (Wildman–Crippen LogP) is 2.48. The lowest BCUT2D eigenvalue weighted by Crippen LogP contribution is -1.95. The van der Waals surface area contributed by atoms with Crippen molar-refractivity contribution < 1.29 is 9.90 Å². The van der Waals surface area contributed by atoms with Crippen molar-refractivity contribution in [2.45, 2.75) is 13.8 Å².